The van der Waals surface area contributed by atoms with Gasteiger partial charge < -0.3 is 16.2 Å². The molecule has 0 saturated carbocycles. The maximum atomic E-state index is 11.3. The Morgan fingerprint density at radius 3 is 2.50 bits per heavy atom. The number of nitrogens with two attached hydrogens (primary N) is 2. The zero-order chi connectivity index (χ0) is 14.0. The fraction of sp³-hybridized carbons (Fsp3) is 0.455. The number of anilines is 2. The predicted molar refractivity (Wildman–Crippen MR) is 71.6 cm³/mol. The number of aliphatic hydroxyl groups excluding tert-OH is 1. The number of hydrogen-bond donors (Lipinski definition) is 4. The highest BCUT2D eigenvalue weighted by molar-refractivity contribution is 7.89. The average Bonchev–Trinajstić information content (AvgIpc) is 2.19. The molecule has 0 aliphatic heterocycles. The SMILES string of the molecule is CC(C)(CCO)Nc1cc(S(N)(=O)=O)ccc1N. The van der Waals surface area contributed by atoms with Crippen molar-refractivity contribution in [2.24, 2.45) is 5.14 Å². The highest BCUT2D eigenvalue weighted by Crippen LogP contribution is 2.26. The maximum Gasteiger partial charge on any atom is 0.238 e. The molecule has 0 heterocycles. The molecule has 18 heavy (non-hydrogen) atoms. The summed E-state index contributed by atoms with van der Waals surface area (Å²) in [6, 6.07) is 4.23. The Balaban J connectivity index is 3.10. The highest BCUT2D eigenvalue weighted by atomic mass is 32.2. The van der Waals surface area contributed by atoms with E-state index in [0.717, 1.165) is 0 Å². The van der Waals surface area contributed by atoms with Gasteiger partial charge in [-0.05, 0) is 38.5 Å². The largest absolute Gasteiger partial charge is 0.397 e. The van der Waals surface area contributed by atoms with E-state index in [-0.39, 0.29) is 11.5 Å². The third-order valence-corrected chi connectivity index (χ3v) is 3.47. The van der Waals surface area contributed by atoms with Gasteiger partial charge in [-0.25, -0.2) is 13.6 Å². The molecule has 0 spiro atoms. The van der Waals surface area contributed by atoms with Crippen LogP contribution in [0.5, 0.6) is 0 Å². The Morgan fingerprint density at radius 1 is 1.39 bits per heavy atom. The Morgan fingerprint density at radius 2 is 2.00 bits per heavy atom. The lowest BCUT2D eigenvalue weighted by molar-refractivity contribution is 0.261. The number of sulfonamides is 1. The Labute approximate surface area is 107 Å². The van der Waals surface area contributed by atoms with Crippen LogP contribution in [0.1, 0.15) is 20.3 Å². The van der Waals surface area contributed by atoms with Crippen LogP contribution in [0.15, 0.2) is 23.1 Å². The van der Waals surface area contributed by atoms with Gasteiger partial charge in [-0.2, -0.15) is 0 Å². The van der Waals surface area contributed by atoms with Crippen molar-refractivity contribution >= 4 is 21.4 Å². The molecule has 0 aliphatic carbocycles. The summed E-state index contributed by atoms with van der Waals surface area (Å²) in [5, 5.41) is 17.1. The molecule has 102 valence electrons. The average molecular weight is 273 g/mol. The molecule has 6 nitrogen and oxygen atoms in total. The van der Waals surface area contributed by atoms with Crippen LogP contribution >= 0.6 is 0 Å². The lowest BCUT2D eigenvalue weighted by Gasteiger charge is -2.27. The van der Waals surface area contributed by atoms with E-state index < -0.39 is 15.6 Å². The molecule has 1 rings (SSSR count). The minimum atomic E-state index is -3.75. The third-order valence-electron chi connectivity index (χ3n) is 2.56. The summed E-state index contributed by atoms with van der Waals surface area (Å²) in [5.41, 5.74) is 6.28. The van der Waals surface area contributed by atoms with E-state index in [2.05, 4.69) is 5.32 Å². The molecule has 1 aromatic carbocycles. The third kappa shape index (κ3) is 3.86. The van der Waals surface area contributed by atoms with Crippen molar-refractivity contribution in [1.29, 1.82) is 0 Å². The van der Waals surface area contributed by atoms with Gasteiger partial charge in [-0.3, -0.25) is 0 Å². The van der Waals surface area contributed by atoms with Gasteiger partial charge >= 0.3 is 0 Å². The van der Waals surface area contributed by atoms with Crippen LogP contribution in [-0.4, -0.2) is 25.7 Å². The number of nitrogens with one attached hydrogen (secondary N) is 1. The first-order chi connectivity index (χ1) is 8.15. The van der Waals surface area contributed by atoms with Gasteiger partial charge in [0, 0.05) is 12.1 Å². The molecule has 0 bridgehead atoms. The summed E-state index contributed by atoms with van der Waals surface area (Å²) in [7, 11) is -3.75. The Kier molecular flexibility index (Phi) is 4.20. The monoisotopic (exact) mass is 273 g/mol. The molecule has 0 amide bonds. The summed E-state index contributed by atoms with van der Waals surface area (Å²) in [6.45, 7) is 3.79. The predicted octanol–water partition coefficient (Wildman–Crippen LogP) is 0.489. The molecule has 1 aromatic rings. The van der Waals surface area contributed by atoms with Gasteiger partial charge in [0.15, 0.2) is 0 Å². The number of benzene rings is 1. The lowest BCUT2D eigenvalue weighted by atomic mass is 10.0. The first kappa shape index (κ1) is 14.7. The van der Waals surface area contributed by atoms with E-state index in [9.17, 15) is 8.42 Å². The van der Waals surface area contributed by atoms with Crippen molar-refractivity contribution in [3.63, 3.8) is 0 Å². The molecule has 6 N–H and O–H groups in total. The number of rotatable bonds is 5. The van der Waals surface area contributed by atoms with E-state index in [1.54, 1.807) is 0 Å². The van der Waals surface area contributed by atoms with Crippen molar-refractivity contribution in [2.45, 2.75) is 30.7 Å². The van der Waals surface area contributed by atoms with Crippen LogP contribution in [0.2, 0.25) is 0 Å². The zero-order valence-corrected chi connectivity index (χ0v) is 11.3. The van der Waals surface area contributed by atoms with Crippen molar-refractivity contribution in [3.05, 3.63) is 18.2 Å². The molecule has 0 atom stereocenters. The standard InChI is InChI=1S/C11H19N3O3S/c1-11(2,5-6-15)14-10-7-8(18(13,16)17)3-4-9(10)12/h3-4,7,14-15H,5-6,12H2,1-2H3,(H2,13,16,17). The molecular formula is C11H19N3O3S. The van der Waals surface area contributed by atoms with Crippen LogP contribution in [0.4, 0.5) is 11.4 Å². The maximum absolute atomic E-state index is 11.3. The summed E-state index contributed by atoms with van der Waals surface area (Å²) in [6.07, 6.45) is 0.506. The number of hydrogen-bond acceptors (Lipinski definition) is 5. The van der Waals surface area contributed by atoms with Crippen LogP contribution in [0.3, 0.4) is 0 Å². The molecule has 0 radical (unpaired) electrons. The van der Waals surface area contributed by atoms with Crippen LogP contribution in [-0.2, 0) is 10.0 Å². The number of nitrogen functional groups attached to an aromatic ring is 1. The number of primary sulfonamides is 1. The van der Waals surface area contributed by atoms with Crippen LogP contribution in [0, 0.1) is 0 Å². The fourth-order valence-electron chi connectivity index (χ4n) is 1.53. The normalized spacial score (nSPS) is 12.4. The molecule has 0 saturated heterocycles. The van der Waals surface area contributed by atoms with Crippen LogP contribution in [0.25, 0.3) is 0 Å². The van der Waals surface area contributed by atoms with E-state index in [4.69, 9.17) is 16.0 Å². The smallest absolute Gasteiger partial charge is 0.238 e. The minimum absolute atomic E-state index is 0.000927. The Hall–Kier alpha value is -1.31. The quantitative estimate of drug-likeness (QED) is 0.582. The minimum Gasteiger partial charge on any atom is -0.397 e. The lowest BCUT2D eigenvalue weighted by Crippen LogP contribution is -2.32. The van der Waals surface area contributed by atoms with E-state index in [0.29, 0.717) is 17.8 Å². The second-order valence-corrected chi connectivity index (χ2v) is 6.34. The molecule has 0 fully saturated rings. The summed E-state index contributed by atoms with van der Waals surface area (Å²) in [5.74, 6) is 0. The van der Waals surface area contributed by atoms with E-state index in [1.807, 2.05) is 13.8 Å². The zero-order valence-electron chi connectivity index (χ0n) is 10.5. The van der Waals surface area contributed by atoms with E-state index >= 15 is 0 Å². The van der Waals surface area contributed by atoms with Crippen molar-refractivity contribution < 1.29 is 13.5 Å². The first-order valence-electron chi connectivity index (χ1n) is 5.47. The van der Waals surface area contributed by atoms with Gasteiger partial charge in [0.2, 0.25) is 10.0 Å². The summed E-state index contributed by atoms with van der Waals surface area (Å²) in [4.78, 5) is -0.000927. The van der Waals surface area contributed by atoms with Gasteiger partial charge in [0.25, 0.3) is 0 Å². The molecule has 0 aromatic heterocycles. The fourth-order valence-corrected chi connectivity index (χ4v) is 2.07. The Bertz CT molecular complexity index is 526. The van der Waals surface area contributed by atoms with Crippen LogP contribution < -0.4 is 16.2 Å². The van der Waals surface area contributed by atoms with Crippen molar-refractivity contribution in [3.8, 4) is 0 Å². The van der Waals surface area contributed by atoms with Crippen molar-refractivity contribution in [2.75, 3.05) is 17.7 Å². The molecular weight excluding hydrogens is 254 g/mol. The highest BCUT2D eigenvalue weighted by Gasteiger charge is 2.19. The summed E-state index contributed by atoms with van der Waals surface area (Å²) < 4.78 is 22.5. The number of aliphatic hydroxyl groups is 1. The first-order valence-corrected chi connectivity index (χ1v) is 7.02. The second-order valence-electron chi connectivity index (χ2n) is 4.78. The molecule has 0 aliphatic rings. The van der Waals surface area contributed by atoms with E-state index in [1.165, 1.54) is 18.2 Å². The molecule has 0 unspecified atom stereocenters. The van der Waals surface area contributed by atoms with Gasteiger partial charge in [0.05, 0.1) is 16.3 Å². The van der Waals surface area contributed by atoms with Crippen molar-refractivity contribution in [1.82, 2.24) is 0 Å². The van der Waals surface area contributed by atoms with Gasteiger partial charge in [-0.1, -0.05) is 0 Å². The molecule has 7 heteroatoms. The summed E-state index contributed by atoms with van der Waals surface area (Å²) >= 11 is 0. The van der Waals surface area contributed by atoms with Gasteiger partial charge in [-0.15, -0.1) is 0 Å². The second kappa shape index (κ2) is 5.13. The van der Waals surface area contributed by atoms with Gasteiger partial charge in [0.1, 0.15) is 0 Å². The topological polar surface area (TPSA) is 118 Å².